The average molecular weight is 399 g/mol. The lowest BCUT2D eigenvalue weighted by Gasteiger charge is -2.33. The van der Waals surface area contributed by atoms with Gasteiger partial charge in [0.1, 0.15) is 13.4 Å². The Bertz CT molecular complexity index is 617. The molecular weight excluding hydrogens is 370 g/mol. The Morgan fingerprint density at radius 2 is 2.04 bits per heavy atom. The first-order chi connectivity index (χ1) is 12.4. The Balaban J connectivity index is 1.99. The van der Waals surface area contributed by atoms with Crippen LogP contribution in [0.4, 0.5) is 0 Å². The number of carboxylic acid groups (broad SMARTS) is 1. The van der Waals surface area contributed by atoms with Crippen LogP contribution in [-0.2, 0) is 11.3 Å². The number of rotatable bonds is 8. The first-order valence-electron chi connectivity index (χ1n) is 9.55. The Morgan fingerprint density at radius 3 is 2.69 bits per heavy atom. The van der Waals surface area contributed by atoms with Gasteiger partial charge in [-0.2, -0.15) is 0 Å². The molecule has 0 bridgehead atoms. The minimum Gasteiger partial charge on any atom is -0.480 e. The molecular formula is C19H29BCl2N2O2. The van der Waals surface area contributed by atoms with Crippen LogP contribution in [0.3, 0.4) is 0 Å². The third-order valence-electron chi connectivity index (χ3n) is 5.53. The molecule has 26 heavy (non-hydrogen) atoms. The molecule has 1 aliphatic heterocycles. The molecule has 2 rings (SSSR count). The zero-order valence-corrected chi connectivity index (χ0v) is 17.0. The Labute approximate surface area is 167 Å². The summed E-state index contributed by atoms with van der Waals surface area (Å²) in [5.41, 5.74) is 6.43. The van der Waals surface area contributed by atoms with Gasteiger partial charge in [0.2, 0.25) is 0 Å². The van der Waals surface area contributed by atoms with Crippen molar-refractivity contribution >= 4 is 37.0 Å². The van der Waals surface area contributed by atoms with Crippen LogP contribution in [0, 0.1) is 5.92 Å². The SMILES string of the molecule is BCCCCC(N)(C(=O)O)C1CCCN(Cc2ccc(Cl)c(Cl)c2)CC1. The summed E-state index contributed by atoms with van der Waals surface area (Å²) in [6.45, 7) is 2.59. The maximum absolute atomic E-state index is 11.9. The van der Waals surface area contributed by atoms with Gasteiger partial charge in [-0.3, -0.25) is 9.69 Å². The van der Waals surface area contributed by atoms with Crippen molar-refractivity contribution in [1.82, 2.24) is 4.90 Å². The van der Waals surface area contributed by atoms with Crippen molar-refractivity contribution in [2.24, 2.45) is 11.7 Å². The van der Waals surface area contributed by atoms with E-state index in [1.807, 2.05) is 18.2 Å². The van der Waals surface area contributed by atoms with Crippen molar-refractivity contribution in [3.05, 3.63) is 33.8 Å². The molecule has 0 saturated carbocycles. The minimum absolute atomic E-state index is 0.0238. The molecule has 0 amide bonds. The number of carbonyl (C=O) groups is 1. The molecule has 144 valence electrons. The molecule has 1 fully saturated rings. The number of aliphatic carboxylic acids is 1. The van der Waals surface area contributed by atoms with E-state index in [0.29, 0.717) is 16.5 Å². The van der Waals surface area contributed by atoms with Gasteiger partial charge in [0, 0.05) is 6.54 Å². The van der Waals surface area contributed by atoms with Gasteiger partial charge in [-0.15, -0.1) is 0 Å². The van der Waals surface area contributed by atoms with Crippen molar-refractivity contribution in [3.8, 4) is 0 Å². The van der Waals surface area contributed by atoms with Gasteiger partial charge in [0.05, 0.1) is 10.0 Å². The van der Waals surface area contributed by atoms with E-state index in [2.05, 4.69) is 12.7 Å². The predicted octanol–water partition coefficient (Wildman–Crippen LogP) is 3.60. The largest absolute Gasteiger partial charge is 0.480 e. The van der Waals surface area contributed by atoms with Gasteiger partial charge in [0.15, 0.2) is 0 Å². The standard InChI is InChI=1S/C19H29BCl2N2O2/c20-9-2-1-8-19(23,18(25)26)15-4-3-10-24(11-7-15)13-14-5-6-16(21)17(22)12-14/h5-6,12,15H,1-4,7-11,13,20,23H2,(H,25,26). The normalized spacial score (nSPS) is 21.1. The van der Waals surface area contributed by atoms with E-state index in [9.17, 15) is 9.90 Å². The van der Waals surface area contributed by atoms with Crippen LogP contribution in [0.25, 0.3) is 0 Å². The maximum atomic E-state index is 11.9. The highest BCUT2D eigenvalue weighted by Crippen LogP contribution is 2.32. The summed E-state index contributed by atoms with van der Waals surface area (Å²) in [4.78, 5) is 14.3. The topological polar surface area (TPSA) is 66.6 Å². The van der Waals surface area contributed by atoms with Crippen LogP contribution in [0.2, 0.25) is 16.4 Å². The number of halogens is 2. The van der Waals surface area contributed by atoms with Gasteiger partial charge in [-0.25, -0.2) is 0 Å². The number of likely N-dealkylation sites (tertiary alicyclic amines) is 1. The van der Waals surface area contributed by atoms with E-state index in [4.69, 9.17) is 28.9 Å². The van der Waals surface area contributed by atoms with E-state index in [0.717, 1.165) is 63.6 Å². The fraction of sp³-hybridized carbons (Fsp3) is 0.632. The first-order valence-corrected chi connectivity index (χ1v) is 10.3. The quantitative estimate of drug-likeness (QED) is 0.518. The van der Waals surface area contributed by atoms with Gasteiger partial charge >= 0.3 is 5.97 Å². The van der Waals surface area contributed by atoms with E-state index in [1.165, 1.54) is 0 Å². The summed E-state index contributed by atoms with van der Waals surface area (Å²) < 4.78 is 0. The molecule has 7 heteroatoms. The third kappa shape index (κ3) is 5.62. The number of nitrogens with two attached hydrogens (primary N) is 1. The van der Waals surface area contributed by atoms with Crippen molar-refractivity contribution in [1.29, 1.82) is 0 Å². The second-order valence-corrected chi connectivity index (χ2v) is 8.27. The number of carboxylic acids is 1. The zero-order chi connectivity index (χ0) is 19.2. The van der Waals surface area contributed by atoms with Crippen molar-refractivity contribution < 1.29 is 9.90 Å². The summed E-state index contributed by atoms with van der Waals surface area (Å²) in [7, 11) is 2.12. The van der Waals surface area contributed by atoms with Gasteiger partial charge in [-0.1, -0.05) is 48.4 Å². The second kappa shape index (κ2) is 9.98. The fourth-order valence-electron chi connectivity index (χ4n) is 3.88. The molecule has 1 aromatic rings. The molecule has 4 nitrogen and oxygen atoms in total. The molecule has 2 atom stereocenters. The highest BCUT2D eigenvalue weighted by Gasteiger charge is 2.41. The molecule has 0 aliphatic carbocycles. The zero-order valence-electron chi connectivity index (χ0n) is 15.5. The number of hydrogen-bond acceptors (Lipinski definition) is 3. The van der Waals surface area contributed by atoms with Crippen molar-refractivity contribution in [2.75, 3.05) is 13.1 Å². The molecule has 0 aromatic heterocycles. The van der Waals surface area contributed by atoms with Gasteiger partial charge in [0.25, 0.3) is 0 Å². The van der Waals surface area contributed by atoms with E-state index < -0.39 is 11.5 Å². The van der Waals surface area contributed by atoms with Crippen LogP contribution in [0.5, 0.6) is 0 Å². The minimum atomic E-state index is -1.10. The molecule has 1 heterocycles. The van der Waals surface area contributed by atoms with Crippen molar-refractivity contribution in [2.45, 2.75) is 56.9 Å². The molecule has 2 unspecified atom stereocenters. The predicted molar refractivity (Wildman–Crippen MR) is 111 cm³/mol. The second-order valence-electron chi connectivity index (χ2n) is 7.46. The van der Waals surface area contributed by atoms with Crippen LogP contribution in [-0.4, -0.2) is 42.5 Å². The third-order valence-corrected chi connectivity index (χ3v) is 6.27. The lowest BCUT2D eigenvalue weighted by molar-refractivity contribution is -0.146. The monoisotopic (exact) mass is 398 g/mol. The van der Waals surface area contributed by atoms with Gasteiger partial charge < -0.3 is 10.8 Å². The van der Waals surface area contributed by atoms with E-state index in [-0.39, 0.29) is 5.92 Å². The fourth-order valence-corrected chi connectivity index (χ4v) is 4.20. The first kappa shape index (κ1) is 21.6. The Hall–Kier alpha value is -0.745. The number of benzene rings is 1. The van der Waals surface area contributed by atoms with Crippen molar-refractivity contribution in [3.63, 3.8) is 0 Å². The number of hydrogen-bond donors (Lipinski definition) is 2. The highest BCUT2D eigenvalue weighted by atomic mass is 35.5. The van der Waals surface area contributed by atoms with Crippen LogP contribution in [0.15, 0.2) is 18.2 Å². The molecule has 1 saturated heterocycles. The maximum Gasteiger partial charge on any atom is 0.323 e. The number of unbranched alkanes of at least 4 members (excludes halogenated alkanes) is 1. The summed E-state index contributed by atoms with van der Waals surface area (Å²) in [6.07, 6.45) is 6.19. The Morgan fingerprint density at radius 1 is 1.27 bits per heavy atom. The summed E-state index contributed by atoms with van der Waals surface area (Å²) in [5, 5.41) is 10.9. The van der Waals surface area contributed by atoms with E-state index >= 15 is 0 Å². The summed E-state index contributed by atoms with van der Waals surface area (Å²) >= 11 is 12.1. The molecule has 3 N–H and O–H groups in total. The highest BCUT2D eigenvalue weighted by molar-refractivity contribution is 6.42. The molecule has 0 spiro atoms. The van der Waals surface area contributed by atoms with Crippen LogP contribution >= 0.6 is 23.2 Å². The molecule has 1 aliphatic rings. The lowest BCUT2D eigenvalue weighted by atomic mass is 9.76. The van der Waals surface area contributed by atoms with Gasteiger partial charge in [-0.05, 0) is 62.4 Å². The summed E-state index contributed by atoms with van der Waals surface area (Å²) in [6, 6.07) is 5.72. The molecule has 0 radical (unpaired) electrons. The van der Waals surface area contributed by atoms with Crippen LogP contribution in [0.1, 0.15) is 44.1 Å². The van der Waals surface area contributed by atoms with Crippen LogP contribution < -0.4 is 5.73 Å². The van der Waals surface area contributed by atoms with E-state index in [1.54, 1.807) is 0 Å². The molecule has 1 aromatic carbocycles. The summed E-state index contributed by atoms with van der Waals surface area (Å²) in [5.74, 6) is -0.827. The smallest absolute Gasteiger partial charge is 0.323 e. The Kier molecular flexibility index (Phi) is 8.27. The number of nitrogens with zero attached hydrogens (tertiary/aromatic N) is 1. The average Bonchev–Trinajstić information content (AvgIpc) is 2.84. The lowest BCUT2D eigenvalue weighted by Crippen LogP contribution is -2.54.